The second-order valence-electron chi connectivity index (χ2n) is 10.5. The summed E-state index contributed by atoms with van der Waals surface area (Å²) in [5.41, 5.74) is -7.53. The van der Waals surface area contributed by atoms with Crippen LogP contribution in [0.4, 0.5) is 0 Å². The van der Waals surface area contributed by atoms with Crippen molar-refractivity contribution in [1.82, 2.24) is 0 Å². The zero-order chi connectivity index (χ0) is 58.4. The van der Waals surface area contributed by atoms with Gasteiger partial charge in [0, 0.05) is 16.3 Å². The lowest BCUT2D eigenvalue weighted by Crippen LogP contribution is -1.91. The molecule has 0 saturated carbocycles. The molecule has 1 aromatic heterocycles. The Balaban J connectivity index is 1.44. The summed E-state index contributed by atoms with van der Waals surface area (Å²) in [6.45, 7) is 0. The van der Waals surface area contributed by atoms with E-state index < -0.39 is 280 Å². The lowest BCUT2D eigenvalue weighted by molar-refractivity contribution is 0.670. The molecule has 0 N–H and O–H groups in total. The number of benzene rings is 9. The average molecular weight is 653 g/mol. The number of furan rings is 1. The van der Waals surface area contributed by atoms with E-state index in [2.05, 4.69) is 0 Å². The highest BCUT2D eigenvalue weighted by atomic mass is 16.3. The fourth-order valence-corrected chi connectivity index (χ4v) is 5.79. The average Bonchev–Trinajstić information content (AvgIpc) is 4.03. The molecule has 0 spiro atoms. The minimum atomic E-state index is -1.12. The van der Waals surface area contributed by atoms with E-state index in [4.69, 9.17) is 30.5 Å². The summed E-state index contributed by atoms with van der Waals surface area (Å²) in [6.07, 6.45) is 0. The quantitative estimate of drug-likeness (QED) is 0.172. The summed E-state index contributed by atoms with van der Waals surface area (Å²) in [5, 5.41) is -5.56. The van der Waals surface area contributed by atoms with Crippen molar-refractivity contribution in [3.63, 3.8) is 0 Å². The molecule has 0 bridgehead atoms. The lowest BCUT2D eigenvalue weighted by atomic mass is 9.85. The fourth-order valence-electron chi connectivity index (χ4n) is 5.79. The van der Waals surface area contributed by atoms with Crippen molar-refractivity contribution in [3.8, 4) is 44.5 Å². The van der Waals surface area contributed by atoms with Gasteiger partial charge < -0.3 is 4.42 Å². The van der Waals surface area contributed by atoms with E-state index in [0.29, 0.717) is 0 Å². The van der Waals surface area contributed by atoms with Gasteiger partial charge in [-0.1, -0.05) is 169 Å². The standard InChI is InChI=1S/C48H30O/c1-2-12-32(13-3-1)38-22-11-23-43-44-30-35(28-29-45(44)49-48(38)43)47-41-19-8-6-17-39(41)46(40-18-7-9-20-42(40)47)34-26-24-33(25-27-34)37-21-10-15-31-14-4-5-16-36(31)37/h1-30H/i1D,2D,3D,4D,5D,6D,7D,8D,9D,10D,11D,12D,13D,14D,15D,16D,17D,18D,19D,20D,21D,22D,23D,24D,25D,26D,27D,28D,29D,30D. The molecule has 0 saturated heterocycles. The van der Waals surface area contributed by atoms with E-state index in [0.717, 1.165) is 0 Å². The summed E-state index contributed by atoms with van der Waals surface area (Å²) in [6, 6.07) is -28.8. The molecule has 0 radical (unpaired) electrons. The molecule has 1 heterocycles. The highest BCUT2D eigenvalue weighted by Crippen LogP contribution is 2.45. The van der Waals surface area contributed by atoms with Gasteiger partial charge in [0.1, 0.15) is 11.2 Å². The predicted octanol–water partition coefficient (Wildman–Crippen LogP) is 13.7. The molecule has 49 heavy (non-hydrogen) atoms. The first-order valence-corrected chi connectivity index (χ1v) is 14.4. The molecule has 0 unspecified atom stereocenters. The van der Waals surface area contributed by atoms with Crippen molar-refractivity contribution in [1.29, 1.82) is 0 Å². The fraction of sp³-hybridized carbons (Fsp3) is 0. The van der Waals surface area contributed by atoms with Gasteiger partial charge in [0.25, 0.3) is 0 Å². The van der Waals surface area contributed by atoms with E-state index in [1.807, 2.05) is 0 Å². The summed E-state index contributed by atoms with van der Waals surface area (Å²) >= 11 is 0. The van der Waals surface area contributed by atoms with E-state index in [1.54, 1.807) is 0 Å². The van der Waals surface area contributed by atoms with Crippen LogP contribution in [0.1, 0.15) is 41.1 Å². The molecule has 1 heteroatoms. The molecule has 0 aliphatic rings. The minimum Gasteiger partial charge on any atom is -0.455 e. The molecule has 10 rings (SSSR count). The number of fused-ring (bicyclic) bond motifs is 6. The Kier molecular flexibility index (Phi) is 2.50. The van der Waals surface area contributed by atoms with Crippen LogP contribution in [0.25, 0.3) is 98.8 Å². The molecular formula is C48H30O. The Hall–Kier alpha value is -6.44. The Bertz CT molecular complexity index is 4450. The molecule has 0 aliphatic heterocycles. The van der Waals surface area contributed by atoms with Crippen LogP contribution in [0.5, 0.6) is 0 Å². The van der Waals surface area contributed by atoms with E-state index in [-0.39, 0.29) is 0 Å². The molecule has 228 valence electrons. The first-order valence-electron chi connectivity index (χ1n) is 29.4. The maximum absolute atomic E-state index is 9.89. The number of para-hydroxylation sites is 1. The number of rotatable bonds is 4. The molecule has 1 nitrogen and oxygen atoms in total. The van der Waals surface area contributed by atoms with Gasteiger partial charge in [-0.15, -0.1) is 0 Å². The van der Waals surface area contributed by atoms with Crippen LogP contribution in [0.2, 0.25) is 0 Å². The minimum absolute atomic E-state index is 0.579. The van der Waals surface area contributed by atoms with Gasteiger partial charge >= 0.3 is 0 Å². The molecule has 0 amide bonds. The maximum atomic E-state index is 9.89. The SMILES string of the molecule is [2H]c1c([2H])c([2H])c(-c2c([2H])c([2H])c([2H])c3c2oc2c([2H])c([2H])c(-c4c5c([2H])c([2H])c([2H])c([2H])c5c(-c5c([2H])c([2H])c(-c6c([2H])c([2H])c([2H])c7c([2H])c([2H])c([2H])c([2H])c67)c([2H])c5[2H])c5c([2H])c([2H])c([2H])c([2H])c45)c([2H])c23)c([2H])c1[2H]. The van der Waals surface area contributed by atoms with Crippen LogP contribution in [-0.2, 0) is 0 Å². The Morgan fingerprint density at radius 2 is 0.816 bits per heavy atom. The third-order valence-corrected chi connectivity index (χ3v) is 7.87. The number of hydrogen-bond acceptors (Lipinski definition) is 1. The summed E-state index contributed by atoms with van der Waals surface area (Å²) in [4.78, 5) is 0. The largest absolute Gasteiger partial charge is 0.455 e. The molecule has 0 fully saturated rings. The number of hydrogen-bond donors (Lipinski definition) is 0. The molecule has 9 aromatic carbocycles. The Labute approximate surface area is 326 Å². The van der Waals surface area contributed by atoms with E-state index in [9.17, 15) is 15.1 Å². The second-order valence-corrected chi connectivity index (χ2v) is 10.5. The highest BCUT2D eigenvalue weighted by molar-refractivity contribution is 6.22. The van der Waals surface area contributed by atoms with Gasteiger partial charge in [-0.3, -0.25) is 0 Å². The third kappa shape index (κ3) is 4.40. The van der Waals surface area contributed by atoms with Crippen molar-refractivity contribution >= 4 is 54.3 Å². The zero-order valence-electron chi connectivity index (χ0n) is 54.4. The lowest BCUT2D eigenvalue weighted by Gasteiger charge is -2.18. The van der Waals surface area contributed by atoms with Crippen LogP contribution in [0, 0.1) is 0 Å². The normalized spacial score (nSPS) is 20.2. The maximum Gasteiger partial charge on any atom is 0.143 e. The van der Waals surface area contributed by atoms with Crippen LogP contribution in [0.15, 0.2) is 186 Å². The third-order valence-electron chi connectivity index (χ3n) is 7.87. The van der Waals surface area contributed by atoms with Gasteiger partial charge in [0.15, 0.2) is 0 Å². The monoisotopic (exact) mass is 652 g/mol. The predicted molar refractivity (Wildman–Crippen MR) is 208 cm³/mol. The van der Waals surface area contributed by atoms with Crippen molar-refractivity contribution in [3.05, 3.63) is 181 Å². The van der Waals surface area contributed by atoms with Crippen LogP contribution in [0.3, 0.4) is 0 Å². The van der Waals surface area contributed by atoms with E-state index in [1.165, 1.54) is 0 Å². The smallest absolute Gasteiger partial charge is 0.143 e. The van der Waals surface area contributed by atoms with Gasteiger partial charge in [-0.25, -0.2) is 0 Å². The Morgan fingerprint density at radius 3 is 1.53 bits per heavy atom. The van der Waals surface area contributed by atoms with Gasteiger partial charge in [0.2, 0.25) is 0 Å². The molecule has 0 aliphatic carbocycles. The second kappa shape index (κ2) is 11.1. The van der Waals surface area contributed by atoms with Crippen LogP contribution >= 0.6 is 0 Å². The summed E-state index contributed by atoms with van der Waals surface area (Å²) in [7, 11) is 0. The first-order chi connectivity index (χ1) is 36.8. The molecule has 10 aromatic rings. The summed E-state index contributed by atoms with van der Waals surface area (Å²) < 4.78 is 275. The van der Waals surface area contributed by atoms with Crippen LogP contribution in [-0.4, -0.2) is 0 Å². The zero-order valence-corrected chi connectivity index (χ0v) is 24.4. The van der Waals surface area contributed by atoms with Gasteiger partial charge in [0.05, 0.1) is 41.1 Å². The first kappa shape index (κ1) is 11.1. The van der Waals surface area contributed by atoms with Crippen molar-refractivity contribution < 1.29 is 45.5 Å². The summed E-state index contributed by atoms with van der Waals surface area (Å²) in [5.74, 6) is 0. The van der Waals surface area contributed by atoms with Crippen molar-refractivity contribution in [2.45, 2.75) is 0 Å². The molecule has 0 atom stereocenters. The van der Waals surface area contributed by atoms with Crippen LogP contribution < -0.4 is 0 Å². The van der Waals surface area contributed by atoms with Gasteiger partial charge in [-0.2, -0.15) is 0 Å². The Morgan fingerprint density at radius 1 is 0.327 bits per heavy atom. The van der Waals surface area contributed by atoms with Crippen molar-refractivity contribution in [2.24, 2.45) is 0 Å². The van der Waals surface area contributed by atoms with Crippen molar-refractivity contribution in [2.75, 3.05) is 0 Å². The highest BCUT2D eigenvalue weighted by Gasteiger charge is 2.19. The van der Waals surface area contributed by atoms with Gasteiger partial charge in [-0.05, 0) is 83.3 Å². The topological polar surface area (TPSA) is 13.1 Å². The van der Waals surface area contributed by atoms with E-state index >= 15 is 0 Å². The molecular weight excluding hydrogens is 593 g/mol.